The van der Waals surface area contributed by atoms with Gasteiger partial charge in [-0.3, -0.25) is 0 Å². The maximum atomic E-state index is 12.7. The average Bonchev–Trinajstić information content (AvgIpc) is 3.22. The molecule has 0 aliphatic heterocycles. The molecule has 0 aromatic heterocycles. The molecule has 2 nitrogen and oxygen atoms in total. The van der Waals surface area contributed by atoms with Crippen molar-refractivity contribution in [1.29, 1.82) is 0 Å². The SMILES string of the molecule is CC(C)=CCCC(C)C1CCC2C3=CC=C4CC(OC(=O)c5ccccc5)CCC4(C)C3CCC21C. The van der Waals surface area contributed by atoms with E-state index in [1.54, 1.807) is 5.57 Å². The molecular weight excluding hydrogens is 440 g/mol. The number of esters is 1. The summed E-state index contributed by atoms with van der Waals surface area (Å²) in [6, 6.07) is 9.44. The highest BCUT2D eigenvalue weighted by molar-refractivity contribution is 5.89. The summed E-state index contributed by atoms with van der Waals surface area (Å²) in [6.45, 7) is 12.1. The Hall–Kier alpha value is -2.09. The van der Waals surface area contributed by atoms with Crippen molar-refractivity contribution in [3.63, 3.8) is 0 Å². The number of carbonyl (C=O) groups is 1. The third-order valence-electron chi connectivity index (χ3n) is 10.7. The summed E-state index contributed by atoms with van der Waals surface area (Å²) in [4.78, 5) is 12.7. The number of ether oxygens (including phenoxy) is 1. The monoisotopic (exact) mass is 486 g/mol. The zero-order valence-corrected chi connectivity index (χ0v) is 23.2. The van der Waals surface area contributed by atoms with Crippen LogP contribution in [0.1, 0.15) is 103 Å². The van der Waals surface area contributed by atoms with Crippen LogP contribution < -0.4 is 0 Å². The van der Waals surface area contributed by atoms with E-state index in [-0.39, 0.29) is 17.5 Å². The molecule has 36 heavy (non-hydrogen) atoms. The van der Waals surface area contributed by atoms with Crippen LogP contribution in [0.25, 0.3) is 0 Å². The van der Waals surface area contributed by atoms with Crippen molar-refractivity contribution >= 4 is 5.97 Å². The fraction of sp³-hybridized carbons (Fsp3) is 0.618. The molecule has 4 aliphatic rings. The van der Waals surface area contributed by atoms with Crippen LogP contribution in [0.2, 0.25) is 0 Å². The number of benzene rings is 1. The van der Waals surface area contributed by atoms with Crippen LogP contribution in [0, 0.1) is 34.5 Å². The molecule has 0 heterocycles. The molecule has 5 rings (SSSR count). The highest BCUT2D eigenvalue weighted by Crippen LogP contribution is 2.66. The second-order valence-corrected chi connectivity index (χ2v) is 13.1. The van der Waals surface area contributed by atoms with Crippen LogP contribution >= 0.6 is 0 Å². The van der Waals surface area contributed by atoms with Crippen LogP contribution in [0.15, 0.2) is 65.3 Å². The van der Waals surface area contributed by atoms with Crippen LogP contribution in [0.5, 0.6) is 0 Å². The summed E-state index contributed by atoms with van der Waals surface area (Å²) in [5, 5.41) is 0. The third kappa shape index (κ3) is 4.54. The minimum absolute atomic E-state index is 0.00152. The molecule has 1 aromatic rings. The Balaban J connectivity index is 1.30. The highest BCUT2D eigenvalue weighted by Gasteiger charge is 2.57. The van der Waals surface area contributed by atoms with Gasteiger partial charge in [-0.15, -0.1) is 0 Å². The number of rotatable bonds is 6. The van der Waals surface area contributed by atoms with Gasteiger partial charge >= 0.3 is 5.97 Å². The van der Waals surface area contributed by atoms with Crippen molar-refractivity contribution in [2.75, 3.05) is 0 Å². The minimum atomic E-state index is -0.180. The van der Waals surface area contributed by atoms with Gasteiger partial charge in [-0.2, -0.15) is 0 Å². The van der Waals surface area contributed by atoms with Gasteiger partial charge in [0.1, 0.15) is 6.10 Å². The molecule has 1 aromatic carbocycles. The lowest BCUT2D eigenvalue weighted by atomic mass is 9.50. The Morgan fingerprint density at radius 2 is 1.81 bits per heavy atom. The number of fused-ring (bicyclic) bond motifs is 5. The second kappa shape index (κ2) is 9.99. The first-order valence-electron chi connectivity index (χ1n) is 14.5. The predicted octanol–water partition coefficient (Wildman–Crippen LogP) is 9.09. The molecule has 0 bridgehead atoms. The maximum absolute atomic E-state index is 12.7. The Bertz CT molecular complexity index is 1060. The summed E-state index contributed by atoms with van der Waals surface area (Å²) < 4.78 is 5.98. The molecule has 0 saturated heterocycles. The zero-order chi connectivity index (χ0) is 25.5. The van der Waals surface area contributed by atoms with Crippen LogP contribution in [-0.2, 0) is 4.74 Å². The van der Waals surface area contributed by atoms with Crippen LogP contribution in [-0.4, -0.2) is 12.1 Å². The summed E-state index contributed by atoms with van der Waals surface area (Å²) >= 11 is 0. The van der Waals surface area contributed by atoms with Gasteiger partial charge in [-0.1, -0.05) is 73.9 Å². The fourth-order valence-corrected chi connectivity index (χ4v) is 8.67. The molecule has 0 spiro atoms. The zero-order valence-electron chi connectivity index (χ0n) is 23.2. The number of hydrogen-bond acceptors (Lipinski definition) is 2. The largest absolute Gasteiger partial charge is 0.458 e. The van der Waals surface area contributed by atoms with Gasteiger partial charge in [-0.05, 0) is 112 Å². The van der Waals surface area contributed by atoms with Crippen molar-refractivity contribution in [2.45, 2.75) is 98.5 Å². The van der Waals surface area contributed by atoms with Crippen molar-refractivity contribution < 1.29 is 9.53 Å². The fourth-order valence-electron chi connectivity index (χ4n) is 8.67. The molecule has 2 heteroatoms. The molecule has 7 atom stereocenters. The Labute approximate surface area is 219 Å². The van der Waals surface area contributed by atoms with E-state index in [4.69, 9.17) is 4.74 Å². The molecule has 3 saturated carbocycles. The molecular formula is C34H46O2. The summed E-state index contributed by atoms with van der Waals surface area (Å²) in [5.74, 6) is 2.88. The van der Waals surface area contributed by atoms with Gasteiger partial charge in [0.2, 0.25) is 0 Å². The Kier molecular flexibility index (Phi) is 7.09. The summed E-state index contributed by atoms with van der Waals surface area (Å²) in [7, 11) is 0. The van der Waals surface area contributed by atoms with E-state index in [0.29, 0.717) is 16.9 Å². The van der Waals surface area contributed by atoms with Gasteiger partial charge in [0.25, 0.3) is 0 Å². The van der Waals surface area contributed by atoms with Gasteiger partial charge in [0.05, 0.1) is 5.56 Å². The smallest absolute Gasteiger partial charge is 0.338 e. The van der Waals surface area contributed by atoms with Crippen molar-refractivity contribution in [1.82, 2.24) is 0 Å². The summed E-state index contributed by atoms with van der Waals surface area (Å²) in [5.41, 5.74) is 6.06. The van der Waals surface area contributed by atoms with Crippen LogP contribution in [0.4, 0.5) is 0 Å². The molecule has 0 amide bonds. The van der Waals surface area contributed by atoms with Crippen LogP contribution in [0.3, 0.4) is 0 Å². The standard InChI is InChI=1S/C34H46O2/c1-23(2)10-9-11-24(3)29-16-17-30-28-15-14-26-22-27(36-32(35)25-12-7-6-8-13-25)18-20-33(26,4)31(28)19-21-34(29,30)5/h6-8,10,12-15,24,27,29-31H,9,11,16-22H2,1-5H3. The van der Waals surface area contributed by atoms with E-state index < -0.39 is 0 Å². The quantitative estimate of drug-likeness (QED) is 0.296. The molecule has 3 fully saturated rings. The first-order chi connectivity index (χ1) is 17.2. The highest BCUT2D eigenvalue weighted by atomic mass is 16.5. The second-order valence-electron chi connectivity index (χ2n) is 13.1. The number of carbonyl (C=O) groups excluding carboxylic acids is 1. The molecule has 194 valence electrons. The first-order valence-corrected chi connectivity index (χ1v) is 14.5. The van der Waals surface area contributed by atoms with Crippen molar-refractivity contribution in [2.24, 2.45) is 34.5 Å². The maximum Gasteiger partial charge on any atom is 0.338 e. The van der Waals surface area contributed by atoms with E-state index in [2.05, 4.69) is 52.8 Å². The van der Waals surface area contributed by atoms with E-state index in [9.17, 15) is 4.79 Å². The van der Waals surface area contributed by atoms with Gasteiger partial charge in [-0.25, -0.2) is 4.79 Å². The lowest BCUT2D eigenvalue weighted by Gasteiger charge is -2.55. The van der Waals surface area contributed by atoms with Gasteiger partial charge < -0.3 is 4.74 Å². The molecule has 7 unspecified atom stereocenters. The topological polar surface area (TPSA) is 26.3 Å². The molecule has 4 aliphatic carbocycles. The third-order valence-corrected chi connectivity index (χ3v) is 10.7. The lowest BCUT2D eigenvalue weighted by Crippen LogP contribution is -2.46. The van der Waals surface area contributed by atoms with Gasteiger partial charge in [0, 0.05) is 6.42 Å². The van der Waals surface area contributed by atoms with Gasteiger partial charge in [0.15, 0.2) is 0 Å². The first kappa shape index (κ1) is 25.6. The average molecular weight is 487 g/mol. The number of hydrogen-bond donors (Lipinski definition) is 0. The van der Waals surface area contributed by atoms with Crippen molar-refractivity contribution in [3.8, 4) is 0 Å². The molecule has 0 N–H and O–H groups in total. The van der Waals surface area contributed by atoms with E-state index in [0.717, 1.165) is 37.0 Å². The van der Waals surface area contributed by atoms with E-state index >= 15 is 0 Å². The van der Waals surface area contributed by atoms with E-state index in [1.165, 1.54) is 49.7 Å². The van der Waals surface area contributed by atoms with E-state index in [1.807, 2.05) is 30.3 Å². The van der Waals surface area contributed by atoms with Crippen molar-refractivity contribution in [3.05, 3.63) is 70.8 Å². The normalized spacial score (nSPS) is 35.9. The summed E-state index contributed by atoms with van der Waals surface area (Å²) in [6.07, 6.45) is 18.4. The number of allylic oxidation sites excluding steroid dienone is 5. The minimum Gasteiger partial charge on any atom is -0.458 e. The lowest BCUT2D eigenvalue weighted by molar-refractivity contribution is 0.00583. The predicted molar refractivity (Wildman–Crippen MR) is 149 cm³/mol. The Morgan fingerprint density at radius 3 is 2.56 bits per heavy atom. The Morgan fingerprint density at radius 1 is 1.03 bits per heavy atom. The molecule has 0 radical (unpaired) electrons.